The first-order valence-electron chi connectivity index (χ1n) is 8.21. The van der Waals surface area contributed by atoms with Gasteiger partial charge < -0.3 is 4.90 Å². The average molecular weight is 326 g/mol. The van der Waals surface area contributed by atoms with E-state index in [1.807, 2.05) is 24.3 Å². The van der Waals surface area contributed by atoms with Gasteiger partial charge in [0.15, 0.2) is 0 Å². The standard InChI is InChI=1S/C19H22N2O3/c1-19(2,3)9-8-12-4-5-13-11-21(18(24)14(13)10-12)15-6-7-16(22)20-17(15)23/h4-5,8-10,15H,6-7,11H2,1-3H3,(H,20,22,23)/b9-8-. The SMILES string of the molecule is CC(C)(C)/C=C\c1ccc2c(c1)C(=O)N(C1CCC(=O)NC1=O)C2. The average Bonchev–Trinajstić information content (AvgIpc) is 2.81. The van der Waals surface area contributed by atoms with E-state index in [9.17, 15) is 14.4 Å². The molecule has 0 bridgehead atoms. The van der Waals surface area contributed by atoms with E-state index >= 15 is 0 Å². The topological polar surface area (TPSA) is 66.5 Å². The highest BCUT2D eigenvalue weighted by Gasteiger charge is 2.38. The minimum atomic E-state index is -0.559. The molecule has 0 aliphatic carbocycles. The summed E-state index contributed by atoms with van der Waals surface area (Å²) in [6.07, 6.45) is 4.78. The number of piperidine rings is 1. The number of hydrogen-bond donors (Lipinski definition) is 1. The first-order chi connectivity index (χ1) is 11.2. The Morgan fingerprint density at radius 3 is 2.62 bits per heavy atom. The first kappa shape index (κ1) is 16.4. The summed E-state index contributed by atoms with van der Waals surface area (Å²) in [7, 11) is 0. The predicted octanol–water partition coefficient (Wildman–Crippen LogP) is 2.51. The van der Waals surface area contributed by atoms with E-state index in [1.165, 1.54) is 0 Å². The van der Waals surface area contributed by atoms with Crippen LogP contribution in [0, 0.1) is 5.41 Å². The number of carbonyl (C=O) groups is 3. The summed E-state index contributed by atoms with van der Waals surface area (Å²) in [4.78, 5) is 37.6. The third-order valence-electron chi connectivity index (χ3n) is 4.33. The van der Waals surface area contributed by atoms with Crippen LogP contribution in [0.15, 0.2) is 24.3 Å². The van der Waals surface area contributed by atoms with E-state index in [-0.39, 0.29) is 29.6 Å². The highest BCUT2D eigenvalue weighted by atomic mass is 16.2. The maximum atomic E-state index is 12.7. The molecule has 5 heteroatoms. The molecule has 1 aromatic carbocycles. The van der Waals surface area contributed by atoms with E-state index in [1.54, 1.807) is 4.90 Å². The van der Waals surface area contributed by atoms with Crippen LogP contribution in [0.4, 0.5) is 0 Å². The highest BCUT2D eigenvalue weighted by molar-refractivity contribution is 6.05. The Morgan fingerprint density at radius 2 is 1.96 bits per heavy atom. The van der Waals surface area contributed by atoms with Crippen molar-refractivity contribution in [3.63, 3.8) is 0 Å². The molecular formula is C19H22N2O3. The van der Waals surface area contributed by atoms with Crippen LogP contribution >= 0.6 is 0 Å². The van der Waals surface area contributed by atoms with E-state index in [0.717, 1.165) is 11.1 Å². The number of rotatable bonds is 2. The molecular weight excluding hydrogens is 304 g/mol. The summed E-state index contributed by atoms with van der Waals surface area (Å²) < 4.78 is 0. The summed E-state index contributed by atoms with van der Waals surface area (Å²) in [5.41, 5.74) is 2.62. The molecule has 24 heavy (non-hydrogen) atoms. The van der Waals surface area contributed by atoms with Gasteiger partial charge in [-0.3, -0.25) is 19.7 Å². The molecule has 1 aromatic rings. The van der Waals surface area contributed by atoms with Gasteiger partial charge in [-0.2, -0.15) is 0 Å². The Hall–Kier alpha value is -2.43. The van der Waals surface area contributed by atoms with Gasteiger partial charge in [0, 0.05) is 18.5 Å². The maximum absolute atomic E-state index is 12.7. The lowest BCUT2D eigenvalue weighted by atomic mass is 9.95. The fourth-order valence-corrected chi connectivity index (χ4v) is 3.02. The Bertz CT molecular complexity index is 743. The number of fused-ring (bicyclic) bond motifs is 1. The number of carbonyl (C=O) groups excluding carboxylic acids is 3. The number of imide groups is 1. The summed E-state index contributed by atoms with van der Waals surface area (Å²) in [5, 5.41) is 2.32. The van der Waals surface area contributed by atoms with Gasteiger partial charge in [-0.25, -0.2) is 0 Å². The van der Waals surface area contributed by atoms with Gasteiger partial charge >= 0.3 is 0 Å². The molecule has 2 aliphatic rings. The van der Waals surface area contributed by atoms with Gasteiger partial charge in [-0.05, 0) is 29.0 Å². The van der Waals surface area contributed by atoms with E-state index in [2.05, 4.69) is 32.2 Å². The van der Waals surface area contributed by atoms with Crippen molar-refractivity contribution in [2.75, 3.05) is 0 Å². The molecule has 0 spiro atoms. The second-order valence-corrected chi connectivity index (χ2v) is 7.52. The lowest BCUT2D eigenvalue weighted by molar-refractivity contribution is -0.136. The summed E-state index contributed by atoms with van der Waals surface area (Å²) in [6.45, 7) is 6.77. The summed E-state index contributed by atoms with van der Waals surface area (Å²) >= 11 is 0. The van der Waals surface area contributed by atoms with Crippen molar-refractivity contribution in [3.8, 4) is 0 Å². The first-order valence-corrected chi connectivity index (χ1v) is 8.21. The Kier molecular flexibility index (Phi) is 4.03. The molecule has 0 aromatic heterocycles. The van der Waals surface area contributed by atoms with Crippen LogP contribution in [0.1, 0.15) is 55.1 Å². The largest absolute Gasteiger partial charge is 0.322 e. The van der Waals surface area contributed by atoms with Crippen molar-refractivity contribution in [2.45, 2.75) is 46.2 Å². The van der Waals surface area contributed by atoms with Gasteiger partial charge in [0.25, 0.3) is 5.91 Å². The molecule has 3 amide bonds. The molecule has 0 saturated carbocycles. The normalized spacial score (nSPS) is 21.4. The predicted molar refractivity (Wildman–Crippen MR) is 91.0 cm³/mol. The quantitative estimate of drug-likeness (QED) is 0.849. The lowest BCUT2D eigenvalue weighted by Gasteiger charge is -2.29. The zero-order valence-electron chi connectivity index (χ0n) is 14.3. The van der Waals surface area contributed by atoms with E-state index in [4.69, 9.17) is 0 Å². The second-order valence-electron chi connectivity index (χ2n) is 7.52. The molecule has 126 valence electrons. The van der Waals surface area contributed by atoms with Crippen LogP contribution < -0.4 is 5.32 Å². The number of benzene rings is 1. The number of nitrogens with zero attached hydrogens (tertiary/aromatic N) is 1. The Balaban J connectivity index is 1.82. The highest BCUT2D eigenvalue weighted by Crippen LogP contribution is 2.29. The smallest absolute Gasteiger partial charge is 0.255 e. The van der Waals surface area contributed by atoms with Gasteiger partial charge in [-0.1, -0.05) is 45.1 Å². The minimum absolute atomic E-state index is 0.0712. The van der Waals surface area contributed by atoms with Gasteiger partial charge in [-0.15, -0.1) is 0 Å². The molecule has 0 radical (unpaired) electrons. The van der Waals surface area contributed by atoms with Crippen molar-refractivity contribution >= 4 is 23.8 Å². The monoisotopic (exact) mass is 326 g/mol. The van der Waals surface area contributed by atoms with Crippen LogP contribution in [0.25, 0.3) is 6.08 Å². The van der Waals surface area contributed by atoms with Crippen molar-refractivity contribution in [2.24, 2.45) is 5.41 Å². The number of allylic oxidation sites excluding steroid dienone is 1. The third-order valence-corrected chi connectivity index (χ3v) is 4.33. The van der Waals surface area contributed by atoms with E-state index < -0.39 is 6.04 Å². The molecule has 1 unspecified atom stereocenters. The van der Waals surface area contributed by atoms with Crippen LogP contribution in [0.5, 0.6) is 0 Å². The molecule has 1 N–H and O–H groups in total. The fourth-order valence-electron chi connectivity index (χ4n) is 3.02. The lowest BCUT2D eigenvalue weighted by Crippen LogP contribution is -2.52. The number of amides is 3. The summed E-state index contributed by atoms with van der Waals surface area (Å²) in [6, 6.07) is 5.26. The Morgan fingerprint density at radius 1 is 1.21 bits per heavy atom. The van der Waals surface area contributed by atoms with Gasteiger partial charge in [0.1, 0.15) is 6.04 Å². The molecule has 5 nitrogen and oxygen atoms in total. The maximum Gasteiger partial charge on any atom is 0.255 e. The van der Waals surface area contributed by atoms with Crippen molar-refractivity contribution in [1.29, 1.82) is 0 Å². The summed E-state index contributed by atoms with van der Waals surface area (Å²) in [5.74, 6) is -0.777. The number of hydrogen-bond acceptors (Lipinski definition) is 3. The fraction of sp³-hybridized carbons (Fsp3) is 0.421. The van der Waals surface area contributed by atoms with Crippen LogP contribution in [0.3, 0.4) is 0 Å². The van der Waals surface area contributed by atoms with Crippen molar-refractivity contribution in [3.05, 3.63) is 41.0 Å². The molecule has 1 saturated heterocycles. The molecule has 1 atom stereocenters. The molecule has 2 heterocycles. The minimum Gasteiger partial charge on any atom is -0.322 e. The number of nitrogens with one attached hydrogen (secondary N) is 1. The van der Waals surface area contributed by atoms with E-state index in [0.29, 0.717) is 18.5 Å². The third kappa shape index (κ3) is 3.25. The molecule has 1 fully saturated rings. The second kappa shape index (κ2) is 5.89. The van der Waals surface area contributed by atoms with Gasteiger partial charge in [0.2, 0.25) is 11.8 Å². The zero-order chi connectivity index (χ0) is 17.5. The molecule has 2 aliphatic heterocycles. The van der Waals surface area contributed by atoms with Crippen LogP contribution in [-0.4, -0.2) is 28.7 Å². The molecule has 3 rings (SSSR count). The van der Waals surface area contributed by atoms with Crippen LogP contribution in [-0.2, 0) is 16.1 Å². The van der Waals surface area contributed by atoms with Crippen molar-refractivity contribution in [1.82, 2.24) is 10.2 Å². The van der Waals surface area contributed by atoms with Crippen molar-refractivity contribution < 1.29 is 14.4 Å². The van der Waals surface area contributed by atoms with Gasteiger partial charge in [0.05, 0.1) is 0 Å². The van der Waals surface area contributed by atoms with Crippen LogP contribution in [0.2, 0.25) is 0 Å². The Labute approximate surface area is 141 Å². The zero-order valence-corrected chi connectivity index (χ0v) is 14.3.